The lowest BCUT2D eigenvalue weighted by Gasteiger charge is -2.10. The Balaban J connectivity index is 1.89. The van der Waals surface area contributed by atoms with Gasteiger partial charge in [-0.1, -0.05) is 11.8 Å². The minimum Gasteiger partial charge on any atom is -0.497 e. The van der Waals surface area contributed by atoms with Crippen molar-refractivity contribution in [1.82, 2.24) is 10.2 Å². The third-order valence-corrected chi connectivity index (χ3v) is 3.72. The van der Waals surface area contributed by atoms with Crippen LogP contribution in [0.5, 0.6) is 11.5 Å². The second kappa shape index (κ2) is 9.88. The Morgan fingerprint density at radius 3 is 2.14 bits per heavy atom. The van der Waals surface area contributed by atoms with E-state index in [2.05, 4.69) is 22.5 Å². The van der Waals surface area contributed by atoms with Crippen molar-refractivity contribution in [3.8, 4) is 23.3 Å². The zero-order chi connectivity index (χ0) is 20.5. The Kier molecular flexibility index (Phi) is 7.28. The van der Waals surface area contributed by atoms with E-state index in [1.165, 1.54) is 19.1 Å². The van der Waals surface area contributed by atoms with E-state index in [-0.39, 0.29) is 12.5 Å². The van der Waals surface area contributed by atoms with E-state index in [1.54, 1.807) is 56.6 Å². The van der Waals surface area contributed by atoms with Crippen LogP contribution in [0, 0.1) is 11.8 Å². The summed E-state index contributed by atoms with van der Waals surface area (Å²) in [5.74, 6) is 6.89. The van der Waals surface area contributed by atoms with Crippen molar-refractivity contribution in [1.29, 1.82) is 0 Å². The summed E-state index contributed by atoms with van der Waals surface area (Å²) in [4.78, 5) is 25.3. The molecule has 0 heterocycles. The van der Waals surface area contributed by atoms with Gasteiger partial charge >= 0.3 is 6.03 Å². The lowest BCUT2D eigenvalue weighted by Crippen LogP contribution is -2.28. The molecule has 3 amide bonds. The fourth-order valence-electron chi connectivity index (χ4n) is 2.28. The second-order valence-corrected chi connectivity index (χ2v) is 5.99. The predicted octanol–water partition coefficient (Wildman–Crippen LogP) is 2.58. The quantitative estimate of drug-likeness (QED) is 0.780. The molecule has 0 saturated carbocycles. The Morgan fingerprint density at radius 2 is 1.61 bits per heavy atom. The lowest BCUT2D eigenvalue weighted by atomic mass is 10.1. The molecular weight excluding hydrogens is 358 g/mol. The van der Waals surface area contributed by atoms with Crippen LogP contribution in [0.15, 0.2) is 42.5 Å². The van der Waals surface area contributed by atoms with E-state index < -0.39 is 6.03 Å². The van der Waals surface area contributed by atoms with Gasteiger partial charge in [0.2, 0.25) is 0 Å². The zero-order valence-corrected chi connectivity index (χ0v) is 16.3. The zero-order valence-electron chi connectivity index (χ0n) is 16.3. The average molecular weight is 381 g/mol. The number of nitrogens with one attached hydrogen (secondary N) is 2. The number of nitrogens with zero attached hydrogens (tertiary/aromatic N) is 1. The summed E-state index contributed by atoms with van der Waals surface area (Å²) >= 11 is 0. The molecule has 2 aromatic carbocycles. The summed E-state index contributed by atoms with van der Waals surface area (Å²) in [6.07, 6.45) is 0. The molecule has 0 unspecified atom stereocenters. The van der Waals surface area contributed by atoms with E-state index in [4.69, 9.17) is 9.47 Å². The largest absolute Gasteiger partial charge is 0.497 e. The Morgan fingerprint density at radius 1 is 1.00 bits per heavy atom. The first kappa shape index (κ1) is 20.6. The first-order chi connectivity index (χ1) is 13.4. The molecule has 0 atom stereocenters. The number of anilines is 1. The van der Waals surface area contributed by atoms with Crippen LogP contribution in [0.1, 0.15) is 15.9 Å². The Hall–Kier alpha value is -3.66. The maximum atomic E-state index is 12.0. The molecule has 7 heteroatoms. The van der Waals surface area contributed by atoms with Crippen molar-refractivity contribution < 1.29 is 19.1 Å². The number of hydrogen-bond acceptors (Lipinski definition) is 4. The van der Waals surface area contributed by atoms with Gasteiger partial charge in [0.05, 0.1) is 20.8 Å². The number of hydrogen-bond donors (Lipinski definition) is 2. The van der Waals surface area contributed by atoms with Crippen molar-refractivity contribution in [3.05, 3.63) is 53.6 Å². The van der Waals surface area contributed by atoms with Gasteiger partial charge in [-0.15, -0.1) is 0 Å². The molecule has 2 rings (SSSR count). The fraction of sp³-hybridized carbons (Fsp3) is 0.238. The molecule has 146 valence electrons. The number of urea groups is 1. The smallest absolute Gasteiger partial charge is 0.319 e. The van der Waals surface area contributed by atoms with Crippen molar-refractivity contribution in [3.63, 3.8) is 0 Å². The van der Waals surface area contributed by atoms with E-state index in [1.807, 2.05) is 0 Å². The molecule has 7 nitrogen and oxygen atoms in total. The van der Waals surface area contributed by atoms with Crippen LogP contribution in [0.25, 0.3) is 0 Å². The van der Waals surface area contributed by atoms with Crippen molar-refractivity contribution >= 4 is 17.6 Å². The normalized spacial score (nSPS) is 9.57. The summed E-state index contributed by atoms with van der Waals surface area (Å²) in [6.45, 7) is 0.172. The fourth-order valence-corrected chi connectivity index (χ4v) is 2.28. The van der Waals surface area contributed by atoms with Crippen LogP contribution in [-0.2, 0) is 0 Å². The number of carbonyl (C=O) groups excluding carboxylic acids is 2. The molecule has 0 aliphatic heterocycles. The number of methoxy groups -OCH3 is 2. The summed E-state index contributed by atoms with van der Waals surface area (Å²) in [6, 6.07) is 11.7. The molecular formula is C21H23N3O4. The minimum absolute atomic E-state index is 0.0629. The highest BCUT2D eigenvalue weighted by atomic mass is 16.5. The molecule has 2 aromatic rings. The highest BCUT2D eigenvalue weighted by Crippen LogP contribution is 2.25. The summed E-state index contributed by atoms with van der Waals surface area (Å²) < 4.78 is 10.3. The molecule has 28 heavy (non-hydrogen) atoms. The van der Waals surface area contributed by atoms with Crippen molar-refractivity contribution in [2.24, 2.45) is 0 Å². The first-order valence-electron chi connectivity index (χ1n) is 8.51. The van der Waals surface area contributed by atoms with Gasteiger partial charge in [-0.2, -0.15) is 0 Å². The first-order valence-corrected chi connectivity index (χ1v) is 8.51. The molecule has 0 spiro atoms. The second-order valence-electron chi connectivity index (χ2n) is 5.99. The van der Waals surface area contributed by atoms with E-state index >= 15 is 0 Å². The molecule has 0 aromatic heterocycles. The maximum Gasteiger partial charge on any atom is 0.319 e. The van der Waals surface area contributed by atoms with Gasteiger partial charge in [0.15, 0.2) is 0 Å². The molecule has 0 aliphatic rings. The molecule has 0 saturated heterocycles. The highest BCUT2D eigenvalue weighted by Gasteiger charge is 2.07. The van der Waals surface area contributed by atoms with Gasteiger partial charge < -0.3 is 25.0 Å². The van der Waals surface area contributed by atoms with Crippen LogP contribution in [0.3, 0.4) is 0 Å². The lowest BCUT2D eigenvalue weighted by molar-refractivity contribution is 0.0827. The van der Waals surface area contributed by atoms with E-state index in [0.29, 0.717) is 22.7 Å². The standard InChI is InChI=1S/C21H23N3O4/c1-24(2)20(25)16-9-7-15(8-10-16)6-5-11-22-21(26)23-17-12-18(27-3)14-19(13-17)28-4/h7-10,12-14H,11H2,1-4H3,(H2,22,23,26). The van der Waals surface area contributed by atoms with Crippen LogP contribution in [-0.4, -0.2) is 51.7 Å². The van der Waals surface area contributed by atoms with Gasteiger partial charge in [-0.05, 0) is 24.3 Å². The number of carbonyl (C=O) groups is 2. The molecule has 2 N–H and O–H groups in total. The summed E-state index contributed by atoms with van der Waals surface area (Å²) in [5.41, 5.74) is 1.90. The molecule has 0 fully saturated rings. The van der Waals surface area contributed by atoms with E-state index in [9.17, 15) is 9.59 Å². The van der Waals surface area contributed by atoms with Gasteiger partial charge in [0, 0.05) is 49.1 Å². The number of rotatable bonds is 5. The number of amides is 3. The third-order valence-electron chi connectivity index (χ3n) is 3.72. The number of benzene rings is 2. The predicted molar refractivity (Wildman–Crippen MR) is 108 cm³/mol. The maximum absolute atomic E-state index is 12.0. The van der Waals surface area contributed by atoms with Gasteiger partial charge in [0.25, 0.3) is 5.91 Å². The van der Waals surface area contributed by atoms with Crippen LogP contribution >= 0.6 is 0 Å². The highest BCUT2D eigenvalue weighted by molar-refractivity contribution is 5.94. The Bertz CT molecular complexity index is 874. The van der Waals surface area contributed by atoms with Gasteiger partial charge in [0.1, 0.15) is 11.5 Å². The number of ether oxygens (including phenoxy) is 2. The van der Waals surface area contributed by atoms with Gasteiger partial charge in [-0.25, -0.2) is 4.79 Å². The van der Waals surface area contributed by atoms with Crippen LogP contribution in [0.4, 0.5) is 10.5 Å². The summed E-state index contributed by atoms with van der Waals surface area (Å²) in [7, 11) is 6.48. The molecule has 0 radical (unpaired) electrons. The molecule has 0 aliphatic carbocycles. The van der Waals surface area contributed by atoms with E-state index in [0.717, 1.165) is 5.56 Å². The SMILES string of the molecule is COc1cc(NC(=O)NCC#Cc2ccc(C(=O)N(C)C)cc2)cc(OC)c1. The van der Waals surface area contributed by atoms with Crippen molar-refractivity contribution in [2.45, 2.75) is 0 Å². The summed E-state index contributed by atoms with van der Waals surface area (Å²) in [5, 5.41) is 5.36. The third kappa shape index (κ3) is 5.95. The molecule has 0 bridgehead atoms. The minimum atomic E-state index is -0.392. The van der Waals surface area contributed by atoms with Crippen molar-refractivity contribution in [2.75, 3.05) is 40.2 Å². The average Bonchev–Trinajstić information content (AvgIpc) is 2.70. The monoisotopic (exact) mass is 381 g/mol. The van der Waals surface area contributed by atoms with Crippen LogP contribution in [0.2, 0.25) is 0 Å². The van der Waals surface area contributed by atoms with Gasteiger partial charge in [-0.3, -0.25) is 4.79 Å². The topological polar surface area (TPSA) is 79.9 Å². The van der Waals surface area contributed by atoms with Crippen LogP contribution < -0.4 is 20.1 Å². The Labute approximate surface area is 164 Å².